The average Bonchev–Trinajstić information content (AvgIpc) is 3.10. The number of rotatable bonds is 4. The summed E-state index contributed by atoms with van der Waals surface area (Å²) in [7, 11) is 3.80. The smallest absolute Gasteiger partial charge is 0.231 e. The zero-order chi connectivity index (χ0) is 19.1. The number of likely N-dealkylation sites (N-methyl/N-ethyl adjacent to an activating group) is 1. The molecule has 5 nitrogen and oxygen atoms in total. The molecule has 0 saturated heterocycles. The second-order valence-electron chi connectivity index (χ2n) is 7.56. The van der Waals surface area contributed by atoms with Crippen LogP contribution in [-0.2, 0) is 6.42 Å². The van der Waals surface area contributed by atoms with Crippen molar-refractivity contribution in [3.63, 3.8) is 0 Å². The van der Waals surface area contributed by atoms with Crippen LogP contribution in [0, 0.1) is 13.8 Å². The topological polar surface area (TPSA) is 49.2 Å². The molecule has 0 aliphatic carbocycles. The Morgan fingerprint density at radius 2 is 2.07 bits per heavy atom. The Morgan fingerprint density at radius 3 is 2.81 bits per heavy atom. The first-order chi connectivity index (χ1) is 13.0. The van der Waals surface area contributed by atoms with Gasteiger partial charge in [0.2, 0.25) is 12.5 Å². The average molecular weight is 368 g/mol. The van der Waals surface area contributed by atoms with E-state index < -0.39 is 0 Å². The van der Waals surface area contributed by atoms with E-state index in [-0.39, 0.29) is 18.6 Å². The summed E-state index contributed by atoms with van der Waals surface area (Å²) < 4.78 is 17.0. The van der Waals surface area contributed by atoms with Gasteiger partial charge in [-0.15, -0.1) is 0 Å². The molecular weight excluding hydrogens is 342 g/mol. The second kappa shape index (κ2) is 6.89. The van der Waals surface area contributed by atoms with Gasteiger partial charge in [-0.2, -0.15) is 0 Å². The number of fused-ring (bicyclic) bond motifs is 2. The minimum atomic E-state index is 0.0337. The third kappa shape index (κ3) is 3.06. The maximum atomic E-state index is 13.1. The van der Waals surface area contributed by atoms with E-state index in [2.05, 4.69) is 19.2 Å². The van der Waals surface area contributed by atoms with Crippen molar-refractivity contribution in [1.82, 2.24) is 0 Å². The third-order valence-corrected chi connectivity index (χ3v) is 5.75. The molecule has 4 rings (SSSR count). The van der Waals surface area contributed by atoms with E-state index in [0.29, 0.717) is 12.2 Å². The summed E-state index contributed by atoms with van der Waals surface area (Å²) in [4.78, 5) is 14.4. The van der Waals surface area contributed by atoms with Crippen molar-refractivity contribution in [2.75, 3.05) is 27.5 Å². The number of benzene rings is 2. The fourth-order valence-electron chi connectivity index (χ4n) is 4.32. The molecule has 2 aromatic carbocycles. The van der Waals surface area contributed by atoms with Crippen LogP contribution in [0.2, 0.25) is 0 Å². The number of methoxy groups -OCH3 is 1. The number of Topliss-reactive ketones (excluding diaryl/α,β-unsaturated/α-hetero) is 1. The summed E-state index contributed by atoms with van der Waals surface area (Å²) >= 11 is 0. The van der Waals surface area contributed by atoms with Gasteiger partial charge in [0.05, 0.1) is 32.7 Å². The lowest BCUT2D eigenvalue weighted by atomic mass is 9.87. The van der Waals surface area contributed by atoms with Crippen LogP contribution in [0.4, 0.5) is 0 Å². The number of quaternary nitrogens is 1. The van der Waals surface area contributed by atoms with Crippen LogP contribution in [0.1, 0.15) is 45.1 Å². The first-order valence-electron chi connectivity index (χ1n) is 9.41. The zero-order valence-electron chi connectivity index (χ0n) is 16.3. The van der Waals surface area contributed by atoms with E-state index in [0.717, 1.165) is 41.2 Å². The molecule has 2 aromatic rings. The van der Waals surface area contributed by atoms with Crippen molar-refractivity contribution in [1.29, 1.82) is 0 Å². The van der Waals surface area contributed by atoms with Crippen LogP contribution < -0.4 is 19.1 Å². The van der Waals surface area contributed by atoms with Crippen molar-refractivity contribution in [3.05, 3.63) is 52.1 Å². The predicted molar refractivity (Wildman–Crippen MR) is 102 cm³/mol. The standard InChI is InChI=1S/C22H25NO4/c1-13-5-6-16(14(2)9-13)18(24)11-17-20-15(7-8-23(17)3)10-19-21(22(20)25-4)27-12-26-19/h5-6,9-10,17H,7-8,11-12H2,1-4H3/p+1/t17-/m1/s1. The maximum absolute atomic E-state index is 13.1. The molecule has 27 heavy (non-hydrogen) atoms. The van der Waals surface area contributed by atoms with Crippen molar-refractivity contribution in [2.24, 2.45) is 0 Å². The zero-order valence-corrected chi connectivity index (χ0v) is 16.3. The minimum absolute atomic E-state index is 0.0337. The summed E-state index contributed by atoms with van der Waals surface area (Å²) in [6.45, 7) is 5.23. The number of hydrogen-bond donors (Lipinski definition) is 1. The minimum Gasteiger partial charge on any atom is -0.492 e. The van der Waals surface area contributed by atoms with Gasteiger partial charge in [-0.1, -0.05) is 23.8 Å². The quantitative estimate of drug-likeness (QED) is 0.842. The van der Waals surface area contributed by atoms with Crippen LogP contribution in [-0.4, -0.2) is 33.3 Å². The first-order valence-corrected chi connectivity index (χ1v) is 9.41. The Labute approximate surface area is 159 Å². The van der Waals surface area contributed by atoms with E-state index in [1.807, 2.05) is 26.0 Å². The molecule has 0 saturated carbocycles. The van der Waals surface area contributed by atoms with E-state index in [9.17, 15) is 4.79 Å². The fourth-order valence-corrected chi connectivity index (χ4v) is 4.32. The fraction of sp³-hybridized carbons (Fsp3) is 0.409. The van der Waals surface area contributed by atoms with Crippen LogP contribution in [0.3, 0.4) is 0 Å². The molecule has 0 fully saturated rings. The van der Waals surface area contributed by atoms with Crippen LogP contribution in [0.25, 0.3) is 0 Å². The second-order valence-corrected chi connectivity index (χ2v) is 7.56. The molecular formula is C22H26NO4+. The lowest BCUT2D eigenvalue weighted by molar-refractivity contribution is -0.913. The van der Waals surface area contributed by atoms with Gasteiger partial charge in [0.25, 0.3) is 0 Å². The summed E-state index contributed by atoms with van der Waals surface area (Å²) in [6.07, 6.45) is 1.38. The molecule has 1 unspecified atom stereocenters. The Hall–Kier alpha value is -2.53. The highest BCUT2D eigenvalue weighted by molar-refractivity contribution is 5.98. The molecule has 2 atom stereocenters. The van der Waals surface area contributed by atoms with E-state index >= 15 is 0 Å². The van der Waals surface area contributed by atoms with Crippen LogP contribution in [0.5, 0.6) is 17.2 Å². The molecule has 2 heterocycles. The Bertz CT molecular complexity index is 906. The number of carbonyl (C=O) groups is 1. The highest BCUT2D eigenvalue weighted by Gasteiger charge is 2.37. The maximum Gasteiger partial charge on any atom is 0.231 e. The van der Waals surface area contributed by atoms with Gasteiger partial charge in [0, 0.05) is 12.0 Å². The Morgan fingerprint density at radius 1 is 1.26 bits per heavy atom. The summed E-state index contributed by atoms with van der Waals surface area (Å²) in [6, 6.07) is 8.11. The molecule has 1 N–H and O–H groups in total. The largest absolute Gasteiger partial charge is 0.492 e. The first kappa shape index (κ1) is 17.9. The lowest BCUT2D eigenvalue weighted by Gasteiger charge is -2.32. The molecule has 0 bridgehead atoms. The third-order valence-electron chi connectivity index (χ3n) is 5.75. The van der Waals surface area contributed by atoms with Crippen molar-refractivity contribution < 1.29 is 23.9 Å². The molecule has 5 heteroatoms. The summed E-state index contributed by atoms with van der Waals surface area (Å²) in [5, 5.41) is 0. The molecule has 0 radical (unpaired) electrons. The van der Waals surface area contributed by atoms with Gasteiger partial charge in [0.1, 0.15) is 6.04 Å². The Kier molecular flexibility index (Phi) is 4.56. The summed E-state index contributed by atoms with van der Waals surface area (Å²) in [5.74, 6) is 2.29. The number of ketones is 1. The molecule has 0 spiro atoms. The monoisotopic (exact) mass is 368 g/mol. The van der Waals surface area contributed by atoms with Gasteiger partial charge < -0.3 is 19.1 Å². The van der Waals surface area contributed by atoms with Crippen molar-refractivity contribution >= 4 is 5.78 Å². The number of nitrogens with one attached hydrogen (secondary N) is 1. The van der Waals surface area contributed by atoms with E-state index in [1.54, 1.807) is 7.11 Å². The molecule has 0 aromatic heterocycles. The van der Waals surface area contributed by atoms with Gasteiger partial charge in [-0.05, 0) is 31.0 Å². The van der Waals surface area contributed by atoms with E-state index in [4.69, 9.17) is 14.2 Å². The summed E-state index contributed by atoms with van der Waals surface area (Å²) in [5.41, 5.74) is 5.29. The molecule has 0 amide bonds. The predicted octanol–water partition coefficient (Wildman–Crippen LogP) is 2.43. The number of aryl methyl sites for hydroxylation is 2. The van der Waals surface area contributed by atoms with Crippen LogP contribution >= 0.6 is 0 Å². The highest BCUT2D eigenvalue weighted by Crippen LogP contribution is 2.47. The molecule has 2 aliphatic heterocycles. The molecule has 2 aliphatic rings. The number of hydrogen-bond acceptors (Lipinski definition) is 4. The normalized spacial score (nSPS) is 20.3. The van der Waals surface area contributed by atoms with Crippen LogP contribution in [0.15, 0.2) is 24.3 Å². The van der Waals surface area contributed by atoms with Gasteiger partial charge in [-0.3, -0.25) is 4.79 Å². The SMILES string of the molecule is COc1c2c(cc3c1[C@@H](CC(=O)c1ccc(C)cc1C)[NH+](C)CC3)OCO2. The Balaban J connectivity index is 1.73. The van der Waals surface area contributed by atoms with E-state index in [1.165, 1.54) is 16.0 Å². The number of carbonyl (C=O) groups excluding carboxylic acids is 1. The number of ether oxygens (including phenoxy) is 3. The highest BCUT2D eigenvalue weighted by atomic mass is 16.7. The van der Waals surface area contributed by atoms with Gasteiger partial charge >= 0.3 is 0 Å². The van der Waals surface area contributed by atoms with Gasteiger partial charge in [0.15, 0.2) is 17.3 Å². The van der Waals surface area contributed by atoms with Gasteiger partial charge in [-0.25, -0.2) is 0 Å². The van der Waals surface area contributed by atoms with Crippen molar-refractivity contribution in [3.8, 4) is 17.2 Å². The van der Waals surface area contributed by atoms with Crippen molar-refractivity contribution in [2.45, 2.75) is 32.7 Å². The molecule has 142 valence electrons. The lowest BCUT2D eigenvalue weighted by Crippen LogP contribution is -3.10.